The lowest BCUT2D eigenvalue weighted by molar-refractivity contribution is -0.122. The number of ether oxygens (including phenoxy) is 1. The molecule has 1 aliphatic carbocycles. The summed E-state index contributed by atoms with van der Waals surface area (Å²) in [5.41, 5.74) is 8.63. The second-order valence-corrected chi connectivity index (χ2v) is 10.2. The van der Waals surface area contributed by atoms with Crippen LogP contribution in [0.15, 0.2) is 41.3 Å². The molecular formula is C23H27N3O5S. The molecule has 170 valence electrons. The normalized spacial score (nSPS) is 17.0. The summed E-state index contributed by atoms with van der Waals surface area (Å²) < 4.78 is 32.7. The number of carbonyl (C=O) groups excluding carboxylic acids is 2. The van der Waals surface area contributed by atoms with Crippen LogP contribution in [-0.2, 0) is 27.7 Å². The smallest absolute Gasteiger partial charge is 0.265 e. The molecule has 0 bridgehead atoms. The lowest BCUT2D eigenvalue weighted by Crippen LogP contribution is -2.31. The Balaban J connectivity index is 1.50. The van der Waals surface area contributed by atoms with Crippen molar-refractivity contribution in [3.8, 4) is 5.75 Å². The molecule has 0 radical (unpaired) electrons. The Kier molecular flexibility index (Phi) is 6.21. The molecule has 1 aliphatic heterocycles. The number of amides is 2. The first-order valence-electron chi connectivity index (χ1n) is 10.8. The fraction of sp³-hybridized carbons (Fsp3) is 0.391. The minimum atomic E-state index is -3.71. The van der Waals surface area contributed by atoms with E-state index in [2.05, 4.69) is 5.32 Å². The van der Waals surface area contributed by atoms with Gasteiger partial charge in [0, 0.05) is 18.8 Å². The van der Waals surface area contributed by atoms with Crippen LogP contribution in [0.2, 0.25) is 0 Å². The summed E-state index contributed by atoms with van der Waals surface area (Å²) in [4.78, 5) is 24.6. The third-order valence-corrected chi connectivity index (χ3v) is 7.85. The van der Waals surface area contributed by atoms with Crippen LogP contribution < -0.4 is 15.8 Å². The van der Waals surface area contributed by atoms with Crippen molar-refractivity contribution >= 4 is 27.5 Å². The fourth-order valence-corrected chi connectivity index (χ4v) is 5.72. The third kappa shape index (κ3) is 4.49. The summed E-state index contributed by atoms with van der Waals surface area (Å²) in [5.74, 6) is -1.15. The van der Waals surface area contributed by atoms with Gasteiger partial charge in [0.15, 0.2) is 6.10 Å². The number of anilines is 1. The van der Waals surface area contributed by atoms with Crippen LogP contribution >= 0.6 is 0 Å². The summed E-state index contributed by atoms with van der Waals surface area (Å²) in [6, 6.07) is 9.83. The number of nitrogens with one attached hydrogen (secondary N) is 1. The Labute approximate surface area is 187 Å². The summed E-state index contributed by atoms with van der Waals surface area (Å²) in [7, 11) is -3.71. The van der Waals surface area contributed by atoms with Crippen molar-refractivity contribution in [3.05, 3.63) is 53.1 Å². The highest BCUT2D eigenvalue weighted by atomic mass is 32.2. The van der Waals surface area contributed by atoms with Crippen molar-refractivity contribution in [1.82, 2.24) is 4.31 Å². The number of fused-ring (bicyclic) bond motifs is 1. The second-order valence-electron chi connectivity index (χ2n) is 8.22. The molecule has 1 heterocycles. The molecule has 1 fully saturated rings. The van der Waals surface area contributed by atoms with E-state index in [1.165, 1.54) is 33.6 Å². The second kappa shape index (κ2) is 8.91. The lowest BCUT2D eigenvalue weighted by atomic mass is 10.1. The van der Waals surface area contributed by atoms with Gasteiger partial charge in [0.25, 0.3) is 11.8 Å². The van der Waals surface area contributed by atoms with Gasteiger partial charge in [-0.25, -0.2) is 8.42 Å². The van der Waals surface area contributed by atoms with Crippen molar-refractivity contribution in [2.24, 2.45) is 5.73 Å². The highest BCUT2D eigenvalue weighted by Gasteiger charge is 2.29. The third-order valence-electron chi connectivity index (χ3n) is 5.96. The first-order chi connectivity index (χ1) is 15.3. The van der Waals surface area contributed by atoms with Gasteiger partial charge in [-0.15, -0.1) is 0 Å². The highest BCUT2D eigenvalue weighted by molar-refractivity contribution is 7.89. The number of hydrogen-bond acceptors (Lipinski definition) is 5. The van der Waals surface area contributed by atoms with Crippen LogP contribution in [0, 0.1) is 0 Å². The molecule has 8 nitrogen and oxygen atoms in total. The van der Waals surface area contributed by atoms with Gasteiger partial charge in [0.05, 0.1) is 10.5 Å². The summed E-state index contributed by atoms with van der Waals surface area (Å²) >= 11 is 0. The monoisotopic (exact) mass is 457 g/mol. The van der Waals surface area contributed by atoms with Crippen molar-refractivity contribution < 1.29 is 22.7 Å². The van der Waals surface area contributed by atoms with Gasteiger partial charge in [0.1, 0.15) is 5.75 Å². The van der Waals surface area contributed by atoms with E-state index in [1.807, 2.05) is 18.2 Å². The Morgan fingerprint density at radius 2 is 1.75 bits per heavy atom. The summed E-state index contributed by atoms with van der Waals surface area (Å²) in [5, 5.41) is 2.83. The topological polar surface area (TPSA) is 119 Å². The van der Waals surface area contributed by atoms with Crippen LogP contribution in [0.25, 0.3) is 0 Å². The van der Waals surface area contributed by atoms with Crippen LogP contribution in [-0.4, -0.2) is 43.7 Å². The minimum absolute atomic E-state index is 0.0178. The van der Waals surface area contributed by atoms with Crippen LogP contribution in [0.5, 0.6) is 5.75 Å². The molecule has 32 heavy (non-hydrogen) atoms. The van der Waals surface area contributed by atoms with E-state index in [0.717, 1.165) is 32.1 Å². The number of hydrogen-bond donors (Lipinski definition) is 2. The molecule has 2 aromatic rings. The lowest BCUT2D eigenvalue weighted by Gasteiger charge is -2.19. The van der Waals surface area contributed by atoms with Gasteiger partial charge in [-0.05, 0) is 80.5 Å². The fourth-order valence-electron chi connectivity index (χ4n) is 4.18. The molecule has 2 amide bonds. The summed E-state index contributed by atoms with van der Waals surface area (Å²) in [6.45, 7) is 2.46. The standard InChI is InChI=1S/C23H27N3O5S/c1-15(23(28)25-18-8-7-16-5-4-6-17(16)13-18)31-21-10-9-19(14-20(21)22(24)27)32(29,30)26-11-2-3-12-26/h7-10,13-15H,2-6,11-12H2,1H3,(H2,24,27)(H,25,28)/t15-/m1/s1. The largest absolute Gasteiger partial charge is 0.480 e. The predicted octanol–water partition coefficient (Wildman–Crippen LogP) is 2.46. The van der Waals surface area contributed by atoms with Gasteiger partial charge >= 0.3 is 0 Å². The molecule has 4 rings (SSSR count). The van der Waals surface area contributed by atoms with Crippen molar-refractivity contribution in [2.45, 2.75) is 50.0 Å². The molecular weight excluding hydrogens is 430 g/mol. The zero-order valence-electron chi connectivity index (χ0n) is 18.0. The average Bonchev–Trinajstić information content (AvgIpc) is 3.45. The molecule has 3 N–H and O–H groups in total. The molecule has 0 unspecified atom stereocenters. The molecule has 0 saturated carbocycles. The maximum absolute atomic E-state index is 12.8. The van der Waals surface area contributed by atoms with E-state index in [4.69, 9.17) is 10.5 Å². The summed E-state index contributed by atoms with van der Waals surface area (Å²) in [6.07, 6.45) is 3.86. The van der Waals surface area contributed by atoms with Gasteiger partial charge in [-0.1, -0.05) is 6.07 Å². The number of carbonyl (C=O) groups is 2. The van der Waals surface area contributed by atoms with E-state index in [9.17, 15) is 18.0 Å². The Hall–Kier alpha value is -2.91. The number of nitrogens with zero attached hydrogens (tertiary/aromatic N) is 1. The maximum Gasteiger partial charge on any atom is 0.265 e. The van der Waals surface area contributed by atoms with Crippen LogP contribution in [0.4, 0.5) is 5.69 Å². The maximum atomic E-state index is 12.8. The van der Waals surface area contributed by atoms with Gasteiger partial charge in [-0.3, -0.25) is 9.59 Å². The number of primary amides is 1. The van der Waals surface area contributed by atoms with Gasteiger partial charge < -0.3 is 15.8 Å². The average molecular weight is 458 g/mol. The number of aryl methyl sites for hydroxylation is 2. The van der Waals surface area contributed by atoms with E-state index in [-0.39, 0.29) is 22.1 Å². The molecule has 9 heteroatoms. The van der Waals surface area contributed by atoms with Crippen LogP contribution in [0.3, 0.4) is 0 Å². The van der Waals surface area contributed by atoms with Crippen LogP contribution in [0.1, 0.15) is 47.7 Å². The Morgan fingerprint density at radius 3 is 2.47 bits per heavy atom. The number of sulfonamides is 1. The Bertz CT molecular complexity index is 1160. The SMILES string of the molecule is C[C@@H](Oc1ccc(S(=O)(=O)N2CCCC2)cc1C(N)=O)C(=O)Nc1ccc2c(c1)CCC2. The van der Waals surface area contributed by atoms with Crippen molar-refractivity contribution in [2.75, 3.05) is 18.4 Å². The molecule has 1 atom stereocenters. The number of rotatable bonds is 7. The van der Waals surface area contributed by atoms with Crippen molar-refractivity contribution in [1.29, 1.82) is 0 Å². The molecule has 0 spiro atoms. The zero-order valence-corrected chi connectivity index (χ0v) is 18.8. The number of benzene rings is 2. The molecule has 2 aliphatic rings. The quantitative estimate of drug-likeness (QED) is 0.662. The van der Waals surface area contributed by atoms with Gasteiger partial charge in [-0.2, -0.15) is 4.31 Å². The zero-order chi connectivity index (χ0) is 22.9. The first-order valence-corrected chi connectivity index (χ1v) is 12.2. The van der Waals surface area contributed by atoms with E-state index in [1.54, 1.807) is 6.92 Å². The number of nitrogens with two attached hydrogens (primary N) is 1. The Morgan fingerprint density at radius 1 is 1.03 bits per heavy atom. The van der Waals surface area contributed by atoms with E-state index in [0.29, 0.717) is 18.8 Å². The molecule has 2 aromatic carbocycles. The highest BCUT2D eigenvalue weighted by Crippen LogP contribution is 2.28. The molecule has 1 saturated heterocycles. The minimum Gasteiger partial charge on any atom is -0.480 e. The van der Waals surface area contributed by atoms with Crippen molar-refractivity contribution in [3.63, 3.8) is 0 Å². The first kappa shape index (κ1) is 22.3. The predicted molar refractivity (Wildman–Crippen MR) is 120 cm³/mol. The van der Waals surface area contributed by atoms with E-state index < -0.39 is 22.0 Å². The van der Waals surface area contributed by atoms with Gasteiger partial charge in [0.2, 0.25) is 10.0 Å². The molecule has 0 aromatic heterocycles. The van der Waals surface area contributed by atoms with E-state index >= 15 is 0 Å².